The predicted octanol–water partition coefficient (Wildman–Crippen LogP) is 8.35. The van der Waals surface area contributed by atoms with Gasteiger partial charge in [0.15, 0.2) is 0 Å². The van der Waals surface area contributed by atoms with Crippen molar-refractivity contribution < 1.29 is 4.39 Å². The van der Waals surface area contributed by atoms with Gasteiger partial charge >= 0.3 is 0 Å². The molecule has 4 heterocycles. The molecule has 0 fully saturated rings. The third kappa shape index (κ3) is 3.37. The Kier molecular flexibility index (Phi) is 5.29. The molecule has 47 heavy (non-hydrogen) atoms. The second kappa shape index (κ2) is 9.40. The number of benzene rings is 6. The van der Waals surface area contributed by atoms with Crippen molar-refractivity contribution in [3.05, 3.63) is 139 Å². The number of hydrogen-bond acceptors (Lipinski definition) is 2. The summed E-state index contributed by atoms with van der Waals surface area (Å²) in [7, 11) is 4.26. The van der Waals surface area contributed by atoms with Crippen molar-refractivity contribution >= 4 is 89.9 Å². The normalized spacial score (nSPS) is 13.4. The Bertz CT molecular complexity index is 2610. The average molecular weight is 609 g/mol. The lowest BCUT2D eigenvalue weighted by Gasteiger charge is -2.44. The molecule has 6 heteroatoms. The van der Waals surface area contributed by atoms with Gasteiger partial charge in [-0.3, -0.25) is 0 Å². The van der Waals surface area contributed by atoms with Gasteiger partial charge in [-0.1, -0.05) is 66.7 Å². The first-order chi connectivity index (χ1) is 23.0. The predicted molar refractivity (Wildman–Crippen MR) is 196 cm³/mol. The second-order valence-electron chi connectivity index (χ2n) is 12.9. The summed E-state index contributed by atoms with van der Waals surface area (Å²) in [6, 6.07) is 42.3. The second-order valence-corrected chi connectivity index (χ2v) is 12.9. The van der Waals surface area contributed by atoms with Gasteiger partial charge in [0.1, 0.15) is 5.82 Å². The number of aromatic nitrogens is 2. The van der Waals surface area contributed by atoms with Crippen LogP contribution in [-0.2, 0) is 14.1 Å². The van der Waals surface area contributed by atoms with E-state index in [0.717, 1.165) is 33.7 Å². The van der Waals surface area contributed by atoms with Crippen LogP contribution in [0.4, 0.5) is 38.5 Å². The molecule has 0 aliphatic carbocycles. The number of hydrogen-bond donors (Lipinski definition) is 0. The maximum Gasteiger partial charge on any atom is 0.253 e. The monoisotopic (exact) mass is 608 g/mol. The molecule has 0 amide bonds. The first kappa shape index (κ1) is 26.5. The smallest absolute Gasteiger partial charge is 0.253 e. The first-order valence-electron chi connectivity index (χ1n) is 16.1. The van der Waals surface area contributed by atoms with Gasteiger partial charge in [-0.2, -0.15) is 0 Å². The van der Waals surface area contributed by atoms with Crippen molar-refractivity contribution in [1.82, 2.24) is 9.13 Å². The van der Waals surface area contributed by atoms with Crippen LogP contribution >= 0.6 is 0 Å². The molecule has 4 nitrogen and oxygen atoms in total. The van der Waals surface area contributed by atoms with Crippen LogP contribution in [0.2, 0.25) is 0 Å². The molecular formula is C41H30BFN4. The minimum absolute atomic E-state index is 0.0803. The fourth-order valence-electron chi connectivity index (χ4n) is 8.49. The minimum Gasteiger partial charge on any atom is -0.349 e. The van der Waals surface area contributed by atoms with E-state index in [0.29, 0.717) is 5.69 Å². The summed E-state index contributed by atoms with van der Waals surface area (Å²) < 4.78 is 20.5. The van der Waals surface area contributed by atoms with Crippen molar-refractivity contribution in [3.8, 4) is 0 Å². The standard InChI is InChI=1S/C41H30BFN4/c1-25-11-4-7-14-30(25)46-34-17-10-18-35-38(34)42(39-36(46)22-21-33-37(39)27-12-5-8-15-31(27)45(33)3)28-20-19-26-23-24-44(2)40(26)41(28)47(35)32-16-9-6-13-29(32)43/h4-24H,1-3H3. The topological polar surface area (TPSA) is 16.3 Å². The van der Waals surface area contributed by atoms with Crippen LogP contribution < -0.4 is 26.2 Å². The Morgan fingerprint density at radius 3 is 2.11 bits per heavy atom. The van der Waals surface area contributed by atoms with Crippen molar-refractivity contribution in [1.29, 1.82) is 0 Å². The SMILES string of the molecule is Cc1ccccc1N1c2cccc3c2B(c2ccc4ccn(C)c4c2N3c2ccccc2F)c2c1ccc1c2c2ccccc2n1C. The van der Waals surface area contributed by atoms with Crippen LogP contribution in [0.15, 0.2) is 128 Å². The van der Waals surface area contributed by atoms with Crippen molar-refractivity contribution in [3.63, 3.8) is 0 Å². The summed E-state index contributed by atoms with van der Waals surface area (Å²) in [5.74, 6) is -0.246. The van der Waals surface area contributed by atoms with Crippen LogP contribution in [0.3, 0.4) is 0 Å². The van der Waals surface area contributed by atoms with Crippen molar-refractivity contribution in [2.24, 2.45) is 14.1 Å². The van der Waals surface area contributed by atoms with Crippen LogP contribution in [0.1, 0.15) is 5.56 Å². The van der Waals surface area contributed by atoms with Crippen molar-refractivity contribution in [2.45, 2.75) is 6.92 Å². The van der Waals surface area contributed by atoms with E-state index >= 15 is 4.39 Å². The molecule has 2 aromatic heterocycles. The summed E-state index contributed by atoms with van der Waals surface area (Å²) in [5.41, 5.74) is 14.4. The molecule has 0 atom stereocenters. The van der Waals surface area contributed by atoms with Gasteiger partial charge in [0.05, 0.1) is 16.9 Å². The van der Waals surface area contributed by atoms with Crippen LogP contribution in [0.25, 0.3) is 32.7 Å². The van der Waals surface area contributed by atoms with Gasteiger partial charge in [0, 0.05) is 70.2 Å². The zero-order chi connectivity index (χ0) is 31.6. The van der Waals surface area contributed by atoms with E-state index in [1.165, 1.54) is 49.4 Å². The fraction of sp³-hybridized carbons (Fsp3) is 0.0732. The zero-order valence-corrected chi connectivity index (χ0v) is 26.4. The van der Waals surface area contributed by atoms with E-state index in [1.807, 2.05) is 12.1 Å². The molecule has 10 rings (SSSR count). The molecule has 2 aliphatic rings. The Hall–Kier alpha value is -5.75. The third-order valence-electron chi connectivity index (χ3n) is 10.5. The molecule has 0 saturated heterocycles. The molecular weight excluding hydrogens is 578 g/mol. The van der Waals surface area contributed by atoms with E-state index in [9.17, 15) is 0 Å². The summed E-state index contributed by atoms with van der Waals surface area (Å²) in [5, 5.41) is 3.64. The van der Waals surface area contributed by atoms with E-state index in [4.69, 9.17) is 0 Å². The molecule has 0 N–H and O–H groups in total. The summed E-state index contributed by atoms with van der Waals surface area (Å²) in [6.07, 6.45) is 2.11. The summed E-state index contributed by atoms with van der Waals surface area (Å²) in [6.45, 7) is 2.10. The van der Waals surface area contributed by atoms with E-state index in [2.05, 4.69) is 143 Å². The Morgan fingerprint density at radius 2 is 1.28 bits per heavy atom. The number of fused-ring (bicyclic) bond motifs is 10. The third-order valence-corrected chi connectivity index (χ3v) is 10.5. The highest BCUT2D eigenvalue weighted by molar-refractivity contribution is 7.02. The van der Waals surface area contributed by atoms with Gasteiger partial charge in [-0.05, 0) is 83.5 Å². The molecule has 0 radical (unpaired) electrons. The molecule has 224 valence electrons. The molecule has 2 aliphatic heterocycles. The average Bonchev–Trinajstić information content (AvgIpc) is 3.62. The maximum absolute atomic E-state index is 16.0. The molecule has 0 spiro atoms. The molecule has 0 bridgehead atoms. The van der Waals surface area contributed by atoms with Gasteiger partial charge in [0.25, 0.3) is 6.71 Å². The molecule has 6 aromatic carbocycles. The Morgan fingerprint density at radius 1 is 0.574 bits per heavy atom. The lowest BCUT2D eigenvalue weighted by Crippen LogP contribution is -2.61. The maximum atomic E-state index is 16.0. The van der Waals surface area contributed by atoms with Crippen LogP contribution in [0.5, 0.6) is 0 Å². The summed E-state index contributed by atoms with van der Waals surface area (Å²) in [4.78, 5) is 4.61. The quantitative estimate of drug-likeness (QED) is 0.184. The van der Waals surface area contributed by atoms with Crippen LogP contribution in [0, 0.1) is 12.7 Å². The lowest BCUT2D eigenvalue weighted by atomic mass is 9.33. The van der Waals surface area contributed by atoms with E-state index in [-0.39, 0.29) is 12.5 Å². The van der Waals surface area contributed by atoms with Crippen molar-refractivity contribution in [2.75, 3.05) is 9.80 Å². The minimum atomic E-state index is -0.246. The van der Waals surface area contributed by atoms with Gasteiger partial charge in [0.2, 0.25) is 0 Å². The van der Waals surface area contributed by atoms with Gasteiger partial charge < -0.3 is 18.9 Å². The lowest BCUT2D eigenvalue weighted by molar-refractivity contribution is 0.629. The molecule has 0 saturated carbocycles. The highest BCUT2D eigenvalue weighted by Gasteiger charge is 2.45. The summed E-state index contributed by atoms with van der Waals surface area (Å²) >= 11 is 0. The molecule has 8 aromatic rings. The number of aryl methyl sites for hydroxylation is 3. The first-order valence-corrected chi connectivity index (χ1v) is 16.1. The highest BCUT2D eigenvalue weighted by Crippen LogP contribution is 2.47. The number of para-hydroxylation sites is 3. The fourth-order valence-corrected chi connectivity index (χ4v) is 8.49. The highest BCUT2D eigenvalue weighted by atomic mass is 19.1. The van der Waals surface area contributed by atoms with Crippen LogP contribution in [-0.4, -0.2) is 15.8 Å². The number of nitrogens with zero attached hydrogens (tertiary/aromatic N) is 4. The van der Waals surface area contributed by atoms with Gasteiger partial charge in [-0.15, -0.1) is 0 Å². The van der Waals surface area contributed by atoms with E-state index in [1.54, 1.807) is 12.1 Å². The largest absolute Gasteiger partial charge is 0.349 e. The van der Waals surface area contributed by atoms with E-state index < -0.39 is 0 Å². The van der Waals surface area contributed by atoms with Gasteiger partial charge in [-0.25, -0.2) is 4.39 Å². The number of anilines is 6. The molecule has 0 unspecified atom stereocenters. The number of rotatable bonds is 2. The Balaban J connectivity index is 1.43. The zero-order valence-electron chi connectivity index (χ0n) is 26.4. The number of halogens is 1. The Labute approximate surface area is 272 Å².